The van der Waals surface area contributed by atoms with Crippen LogP contribution < -0.4 is 9.64 Å². The third-order valence-electron chi connectivity index (χ3n) is 7.78. The van der Waals surface area contributed by atoms with Crippen LogP contribution in [0.4, 0.5) is 23.4 Å². The highest BCUT2D eigenvalue weighted by molar-refractivity contribution is 6.06. The molecule has 0 radical (unpaired) electrons. The number of rotatable bonds is 5. The van der Waals surface area contributed by atoms with Crippen LogP contribution in [0.3, 0.4) is 0 Å². The fourth-order valence-electron chi connectivity index (χ4n) is 5.59. The number of aliphatic carboxylic acids is 1. The number of ether oxygens (including phenoxy) is 2. The van der Waals surface area contributed by atoms with Crippen molar-refractivity contribution in [3.05, 3.63) is 53.5 Å². The van der Waals surface area contributed by atoms with Gasteiger partial charge in [0, 0.05) is 42.5 Å². The predicted octanol–water partition coefficient (Wildman–Crippen LogP) is 5.10. The Hall–Kier alpha value is -4.44. The number of carbonyl (C=O) groups is 1. The maximum atomic E-state index is 16.4. The average Bonchev–Trinajstić information content (AvgIpc) is 3.56. The van der Waals surface area contributed by atoms with Gasteiger partial charge in [-0.25, -0.2) is 24.1 Å². The van der Waals surface area contributed by atoms with Gasteiger partial charge in [-0.15, -0.1) is 6.42 Å². The molecule has 42 heavy (non-hydrogen) atoms. The minimum Gasteiger partial charge on any atom is -0.480 e. The van der Waals surface area contributed by atoms with Crippen LogP contribution >= 0.6 is 0 Å². The SMILES string of the molecule is C#Cc1cnc(O[C@H]2C[C@@H](C(=O)O)N(c3nc(C(F)(F)F)nc4c3oc3ccccc34)C2)c([C@]2(F)CCOC[C@@H]2C)c1. The van der Waals surface area contributed by atoms with Crippen LogP contribution in [0.15, 0.2) is 40.9 Å². The molecule has 0 saturated carbocycles. The Morgan fingerprint density at radius 2 is 2.07 bits per heavy atom. The summed E-state index contributed by atoms with van der Waals surface area (Å²) in [5.41, 5.74) is -1.36. The Balaban J connectivity index is 1.41. The number of terminal acetylenes is 1. The molecule has 218 valence electrons. The van der Waals surface area contributed by atoms with Crippen molar-refractivity contribution < 1.29 is 41.4 Å². The summed E-state index contributed by atoms with van der Waals surface area (Å²) in [6.45, 7) is 1.82. The molecule has 13 heteroatoms. The van der Waals surface area contributed by atoms with Crippen molar-refractivity contribution in [2.24, 2.45) is 5.92 Å². The summed E-state index contributed by atoms with van der Waals surface area (Å²) < 4.78 is 75.4. The van der Waals surface area contributed by atoms with Gasteiger partial charge in [0.15, 0.2) is 11.4 Å². The van der Waals surface area contributed by atoms with Crippen LogP contribution in [0, 0.1) is 18.3 Å². The number of nitrogens with zero attached hydrogens (tertiary/aromatic N) is 4. The minimum atomic E-state index is -4.91. The lowest BCUT2D eigenvalue weighted by Gasteiger charge is -2.36. The van der Waals surface area contributed by atoms with E-state index in [-0.39, 0.29) is 66.5 Å². The number of halogens is 4. The Labute approximate surface area is 236 Å². The fourth-order valence-corrected chi connectivity index (χ4v) is 5.59. The average molecular weight is 585 g/mol. The number of alkyl halides is 4. The topological polar surface area (TPSA) is 111 Å². The van der Waals surface area contributed by atoms with Crippen LogP contribution in [-0.4, -0.2) is 57.9 Å². The van der Waals surface area contributed by atoms with Gasteiger partial charge in [0.05, 0.1) is 18.7 Å². The number of fused-ring (bicyclic) bond motifs is 3. The molecule has 9 nitrogen and oxygen atoms in total. The van der Waals surface area contributed by atoms with Crippen LogP contribution in [0.5, 0.6) is 5.88 Å². The third kappa shape index (κ3) is 4.65. The Morgan fingerprint density at radius 3 is 2.79 bits per heavy atom. The Kier molecular flexibility index (Phi) is 6.68. The Bertz CT molecular complexity index is 1740. The number of aromatic nitrogens is 3. The predicted molar refractivity (Wildman–Crippen MR) is 142 cm³/mol. The molecule has 4 aromatic rings. The monoisotopic (exact) mass is 584 g/mol. The summed E-state index contributed by atoms with van der Waals surface area (Å²) in [5.74, 6) is -1.28. The number of carboxylic acids is 1. The van der Waals surface area contributed by atoms with E-state index in [0.29, 0.717) is 10.9 Å². The molecule has 4 atom stereocenters. The molecule has 1 N–H and O–H groups in total. The second kappa shape index (κ2) is 10.1. The van der Waals surface area contributed by atoms with E-state index in [1.54, 1.807) is 31.2 Å². The first-order valence-corrected chi connectivity index (χ1v) is 13.2. The van der Waals surface area contributed by atoms with Crippen molar-refractivity contribution in [2.45, 2.75) is 43.8 Å². The lowest BCUT2D eigenvalue weighted by atomic mass is 9.80. The van der Waals surface area contributed by atoms with E-state index in [4.69, 9.17) is 20.3 Å². The maximum Gasteiger partial charge on any atom is 0.451 e. The molecular formula is C29H24F4N4O5. The molecule has 0 aliphatic carbocycles. The quantitative estimate of drug-likeness (QED) is 0.253. The van der Waals surface area contributed by atoms with Crippen molar-refractivity contribution in [3.63, 3.8) is 0 Å². The molecule has 2 fully saturated rings. The van der Waals surface area contributed by atoms with Crippen LogP contribution in [0.1, 0.15) is 36.7 Å². The number of hydrogen-bond acceptors (Lipinski definition) is 8. The van der Waals surface area contributed by atoms with E-state index in [0.717, 1.165) is 0 Å². The summed E-state index contributed by atoms with van der Waals surface area (Å²) in [6.07, 6.45) is 0.932. The molecule has 3 aromatic heterocycles. The van der Waals surface area contributed by atoms with E-state index >= 15 is 4.39 Å². The summed E-state index contributed by atoms with van der Waals surface area (Å²) >= 11 is 0. The van der Waals surface area contributed by atoms with Gasteiger partial charge in [-0.3, -0.25) is 0 Å². The number of anilines is 1. The van der Waals surface area contributed by atoms with Crippen molar-refractivity contribution in [3.8, 4) is 18.2 Å². The molecule has 6 rings (SSSR count). The van der Waals surface area contributed by atoms with E-state index < -0.39 is 41.7 Å². The van der Waals surface area contributed by atoms with Crippen LogP contribution in [-0.2, 0) is 21.4 Å². The van der Waals surface area contributed by atoms with E-state index in [1.165, 1.54) is 17.2 Å². The first kappa shape index (κ1) is 27.7. The highest BCUT2D eigenvalue weighted by Crippen LogP contribution is 2.45. The smallest absolute Gasteiger partial charge is 0.451 e. The van der Waals surface area contributed by atoms with E-state index in [1.807, 2.05) is 0 Å². The molecule has 2 aliphatic heterocycles. The molecule has 0 bridgehead atoms. The highest BCUT2D eigenvalue weighted by atomic mass is 19.4. The van der Waals surface area contributed by atoms with Crippen molar-refractivity contribution >= 4 is 33.9 Å². The maximum absolute atomic E-state index is 16.4. The normalized spacial score (nSPS) is 24.7. The summed E-state index contributed by atoms with van der Waals surface area (Å²) in [6, 6.07) is 6.53. The standard InChI is InChI=1S/C29H24F4N4O5/c1-3-16-10-19(28(30)8-9-40-14-15(28)2)25(34-12-16)41-17-11-20(26(38)39)37(13-17)24-23-22(35-27(36-24)29(31,32)33)18-6-4-5-7-21(18)42-23/h1,4-7,10,12,15,17,20H,8-9,11,13-14H2,2H3,(H,38,39)/t15-,17-,20-,28-/m0/s1. The first-order valence-electron chi connectivity index (χ1n) is 13.2. The zero-order valence-corrected chi connectivity index (χ0v) is 22.2. The molecule has 2 aliphatic rings. The van der Waals surface area contributed by atoms with Crippen molar-refractivity contribution in [1.29, 1.82) is 0 Å². The van der Waals surface area contributed by atoms with Gasteiger partial charge < -0.3 is 23.9 Å². The Morgan fingerprint density at radius 1 is 1.29 bits per heavy atom. The second-order valence-electron chi connectivity index (χ2n) is 10.4. The van der Waals surface area contributed by atoms with Gasteiger partial charge in [-0.2, -0.15) is 13.2 Å². The van der Waals surface area contributed by atoms with Gasteiger partial charge in [0.2, 0.25) is 11.7 Å². The van der Waals surface area contributed by atoms with Gasteiger partial charge in [-0.05, 0) is 18.2 Å². The van der Waals surface area contributed by atoms with Crippen molar-refractivity contribution in [2.75, 3.05) is 24.7 Å². The van der Waals surface area contributed by atoms with Gasteiger partial charge in [0.1, 0.15) is 28.9 Å². The summed E-state index contributed by atoms with van der Waals surface area (Å²) in [5, 5.41) is 10.4. The summed E-state index contributed by atoms with van der Waals surface area (Å²) in [4.78, 5) is 25.2. The molecule has 5 heterocycles. The molecule has 1 aromatic carbocycles. The number of carboxylic acid groups (broad SMARTS) is 1. The molecule has 0 amide bonds. The fraction of sp³-hybridized carbons (Fsp3) is 0.379. The van der Waals surface area contributed by atoms with Gasteiger partial charge in [-0.1, -0.05) is 25.0 Å². The van der Waals surface area contributed by atoms with Gasteiger partial charge >= 0.3 is 12.1 Å². The molecular weight excluding hydrogens is 560 g/mol. The molecule has 2 saturated heterocycles. The van der Waals surface area contributed by atoms with E-state index in [2.05, 4.69) is 20.9 Å². The lowest BCUT2D eigenvalue weighted by Crippen LogP contribution is -2.38. The lowest BCUT2D eigenvalue weighted by molar-refractivity contribution is -0.144. The van der Waals surface area contributed by atoms with Crippen LogP contribution in [0.25, 0.3) is 22.1 Å². The second-order valence-corrected chi connectivity index (χ2v) is 10.4. The van der Waals surface area contributed by atoms with Crippen LogP contribution in [0.2, 0.25) is 0 Å². The molecule has 0 spiro atoms. The van der Waals surface area contributed by atoms with E-state index in [9.17, 15) is 23.1 Å². The largest absolute Gasteiger partial charge is 0.480 e. The summed E-state index contributed by atoms with van der Waals surface area (Å²) in [7, 11) is 0. The van der Waals surface area contributed by atoms with Crippen molar-refractivity contribution in [1.82, 2.24) is 15.0 Å². The number of pyridine rings is 1. The molecule has 0 unspecified atom stereocenters. The minimum absolute atomic E-state index is 0.0277. The third-order valence-corrected chi connectivity index (χ3v) is 7.78. The highest BCUT2D eigenvalue weighted by Gasteiger charge is 2.46. The zero-order valence-electron chi connectivity index (χ0n) is 22.2. The number of hydrogen-bond donors (Lipinski definition) is 1. The number of para-hydroxylation sites is 1. The van der Waals surface area contributed by atoms with Gasteiger partial charge in [0.25, 0.3) is 0 Å². The number of benzene rings is 1. The zero-order chi connectivity index (χ0) is 29.8. The number of furan rings is 1. The first-order chi connectivity index (χ1) is 20.0.